The van der Waals surface area contributed by atoms with Gasteiger partial charge in [-0.3, -0.25) is 0 Å². The Labute approximate surface area is 128 Å². The van der Waals surface area contributed by atoms with Gasteiger partial charge in [-0.25, -0.2) is 0 Å². The standard InChI is InChI=1S/C17H27ClN2/c1-3-17(15-4-6-16(18)7-5-15)19-11-8-14-9-12-20(2)13-10-14/h4-7,14,17,19H,3,8-13H2,1-2H3. The summed E-state index contributed by atoms with van der Waals surface area (Å²) in [6.07, 6.45) is 5.14. The van der Waals surface area contributed by atoms with E-state index < -0.39 is 0 Å². The lowest BCUT2D eigenvalue weighted by molar-refractivity contribution is 0.210. The van der Waals surface area contributed by atoms with Gasteiger partial charge in [0.1, 0.15) is 0 Å². The molecule has 1 aliphatic rings. The minimum atomic E-state index is 0.457. The summed E-state index contributed by atoms with van der Waals surface area (Å²) in [7, 11) is 2.22. The molecule has 3 heteroatoms. The van der Waals surface area contributed by atoms with Crippen LogP contribution < -0.4 is 5.32 Å². The Bertz CT molecular complexity index is 382. The molecule has 1 N–H and O–H groups in total. The highest BCUT2D eigenvalue weighted by atomic mass is 35.5. The minimum Gasteiger partial charge on any atom is -0.310 e. The summed E-state index contributed by atoms with van der Waals surface area (Å²) in [4.78, 5) is 2.44. The Morgan fingerprint density at radius 2 is 1.90 bits per heavy atom. The molecule has 1 aromatic rings. The van der Waals surface area contributed by atoms with Crippen LogP contribution in [0.15, 0.2) is 24.3 Å². The summed E-state index contributed by atoms with van der Waals surface area (Å²) in [6.45, 7) is 5.88. The largest absolute Gasteiger partial charge is 0.310 e. The molecule has 0 aromatic heterocycles. The van der Waals surface area contributed by atoms with Crippen LogP contribution >= 0.6 is 11.6 Å². The second-order valence-corrected chi connectivity index (χ2v) is 6.44. The number of likely N-dealkylation sites (tertiary alicyclic amines) is 1. The summed E-state index contributed by atoms with van der Waals surface area (Å²) >= 11 is 5.95. The molecule has 2 rings (SSSR count). The lowest BCUT2D eigenvalue weighted by Gasteiger charge is -2.29. The average molecular weight is 295 g/mol. The highest BCUT2D eigenvalue weighted by Gasteiger charge is 2.16. The number of benzene rings is 1. The van der Waals surface area contributed by atoms with E-state index in [0.717, 1.165) is 23.9 Å². The van der Waals surface area contributed by atoms with E-state index in [-0.39, 0.29) is 0 Å². The quantitative estimate of drug-likeness (QED) is 0.849. The Balaban J connectivity index is 1.75. The van der Waals surface area contributed by atoms with Gasteiger partial charge in [-0.1, -0.05) is 30.7 Å². The monoisotopic (exact) mass is 294 g/mol. The van der Waals surface area contributed by atoms with Gasteiger partial charge in [0.05, 0.1) is 0 Å². The smallest absolute Gasteiger partial charge is 0.0406 e. The van der Waals surface area contributed by atoms with E-state index in [1.54, 1.807) is 0 Å². The summed E-state index contributed by atoms with van der Waals surface area (Å²) < 4.78 is 0. The molecule has 0 aliphatic carbocycles. The van der Waals surface area contributed by atoms with Crippen LogP contribution in [0.25, 0.3) is 0 Å². The highest BCUT2D eigenvalue weighted by Crippen LogP contribution is 2.21. The van der Waals surface area contributed by atoms with Gasteiger partial charge in [0.25, 0.3) is 0 Å². The Morgan fingerprint density at radius 1 is 1.25 bits per heavy atom. The molecule has 1 fully saturated rings. The van der Waals surface area contributed by atoms with Gasteiger partial charge < -0.3 is 10.2 Å². The van der Waals surface area contributed by atoms with Gasteiger partial charge in [-0.15, -0.1) is 0 Å². The molecule has 0 saturated carbocycles. The Morgan fingerprint density at radius 3 is 2.50 bits per heavy atom. The molecule has 2 nitrogen and oxygen atoms in total. The summed E-state index contributed by atoms with van der Waals surface area (Å²) in [6, 6.07) is 8.70. The van der Waals surface area contributed by atoms with Gasteiger partial charge >= 0.3 is 0 Å². The number of piperidine rings is 1. The fourth-order valence-electron chi connectivity index (χ4n) is 3.01. The van der Waals surface area contributed by atoms with Crippen LogP contribution in [0.2, 0.25) is 5.02 Å². The first kappa shape index (κ1) is 15.8. The summed E-state index contributed by atoms with van der Waals surface area (Å²) in [5, 5.41) is 4.52. The van der Waals surface area contributed by atoms with E-state index in [0.29, 0.717) is 6.04 Å². The van der Waals surface area contributed by atoms with Gasteiger partial charge in [-0.2, -0.15) is 0 Å². The van der Waals surface area contributed by atoms with E-state index in [1.165, 1.54) is 37.9 Å². The fraction of sp³-hybridized carbons (Fsp3) is 0.647. The zero-order valence-electron chi connectivity index (χ0n) is 12.7. The zero-order valence-corrected chi connectivity index (χ0v) is 13.5. The van der Waals surface area contributed by atoms with E-state index in [2.05, 4.69) is 36.3 Å². The topological polar surface area (TPSA) is 15.3 Å². The van der Waals surface area contributed by atoms with Crippen molar-refractivity contribution in [2.24, 2.45) is 5.92 Å². The van der Waals surface area contributed by atoms with Crippen LogP contribution in [0, 0.1) is 5.92 Å². The van der Waals surface area contributed by atoms with Crippen molar-refractivity contribution in [1.82, 2.24) is 10.2 Å². The maximum atomic E-state index is 5.95. The lowest BCUT2D eigenvalue weighted by atomic mass is 9.93. The molecule has 1 unspecified atom stereocenters. The Kier molecular flexibility index (Phi) is 6.34. The third-order valence-corrected chi connectivity index (χ3v) is 4.71. The van der Waals surface area contributed by atoms with Crippen LogP contribution in [-0.2, 0) is 0 Å². The van der Waals surface area contributed by atoms with Gasteiger partial charge in [0, 0.05) is 11.1 Å². The number of nitrogens with zero attached hydrogens (tertiary/aromatic N) is 1. The fourth-order valence-corrected chi connectivity index (χ4v) is 3.13. The van der Waals surface area contributed by atoms with Crippen molar-refractivity contribution < 1.29 is 0 Å². The van der Waals surface area contributed by atoms with Crippen LogP contribution in [0.3, 0.4) is 0 Å². The van der Waals surface area contributed by atoms with Gasteiger partial charge in [0.15, 0.2) is 0 Å². The van der Waals surface area contributed by atoms with Crippen molar-refractivity contribution in [3.8, 4) is 0 Å². The molecule has 112 valence electrons. The molecular weight excluding hydrogens is 268 g/mol. The van der Waals surface area contributed by atoms with Crippen molar-refractivity contribution >= 4 is 11.6 Å². The van der Waals surface area contributed by atoms with Crippen molar-refractivity contribution in [3.63, 3.8) is 0 Å². The Hall–Kier alpha value is -0.570. The van der Waals surface area contributed by atoms with Gasteiger partial charge in [0.2, 0.25) is 0 Å². The molecule has 0 spiro atoms. The molecule has 0 radical (unpaired) electrons. The van der Waals surface area contributed by atoms with E-state index >= 15 is 0 Å². The number of hydrogen-bond acceptors (Lipinski definition) is 2. The number of hydrogen-bond donors (Lipinski definition) is 1. The molecule has 0 bridgehead atoms. The zero-order chi connectivity index (χ0) is 14.4. The third-order valence-electron chi connectivity index (χ3n) is 4.46. The highest BCUT2D eigenvalue weighted by molar-refractivity contribution is 6.30. The second-order valence-electron chi connectivity index (χ2n) is 6.00. The molecule has 0 amide bonds. The van der Waals surface area contributed by atoms with Crippen molar-refractivity contribution in [3.05, 3.63) is 34.9 Å². The normalized spacial score (nSPS) is 19.1. The van der Waals surface area contributed by atoms with Crippen LogP contribution in [0.1, 0.15) is 44.2 Å². The first-order valence-corrected chi connectivity index (χ1v) is 8.24. The number of halogens is 1. The third kappa shape index (κ3) is 4.76. The van der Waals surface area contributed by atoms with Crippen LogP contribution in [-0.4, -0.2) is 31.6 Å². The molecule has 1 atom stereocenters. The first-order valence-electron chi connectivity index (χ1n) is 7.86. The van der Waals surface area contributed by atoms with E-state index in [1.807, 2.05) is 12.1 Å². The van der Waals surface area contributed by atoms with Crippen molar-refractivity contribution in [2.45, 2.75) is 38.6 Å². The minimum absolute atomic E-state index is 0.457. The number of nitrogens with one attached hydrogen (secondary N) is 1. The lowest BCUT2D eigenvalue weighted by Crippen LogP contribution is -2.32. The van der Waals surface area contributed by atoms with E-state index in [9.17, 15) is 0 Å². The first-order chi connectivity index (χ1) is 9.69. The van der Waals surface area contributed by atoms with Gasteiger partial charge in [-0.05, 0) is 76.0 Å². The summed E-state index contributed by atoms with van der Waals surface area (Å²) in [5.74, 6) is 0.904. The maximum absolute atomic E-state index is 5.95. The second kappa shape index (κ2) is 8.02. The van der Waals surface area contributed by atoms with Crippen LogP contribution in [0.5, 0.6) is 0 Å². The maximum Gasteiger partial charge on any atom is 0.0406 e. The molecular formula is C17H27ClN2. The molecule has 1 saturated heterocycles. The number of rotatable bonds is 6. The summed E-state index contributed by atoms with van der Waals surface area (Å²) in [5.41, 5.74) is 1.35. The van der Waals surface area contributed by atoms with E-state index in [4.69, 9.17) is 11.6 Å². The average Bonchev–Trinajstić information content (AvgIpc) is 2.47. The SMILES string of the molecule is CCC(NCCC1CCN(C)CC1)c1ccc(Cl)cc1. The molecule has 1 aliphatic heterocycles. The predicted molar refractivity (Wildman–Crippen MR) is 87.3 cm³/mol. The van der Waals surface area contributed by atoms with Crippen molar-refractivity contribution in [1.29, 1.82) is 0 Å². The predicted octanol–water partition coefficient (Wildman–Crippen LogP) is 4.11. The molecule has 1 aromatic carbocycles. The van der Waals surface area contributed by atoms with Crippen LogP contribution in [0.4, 0.5) is 0 Å². The molecule has 20 heavy (non-hydrogen) atoms. The van der Waals surface area contributed by atoms with Crippen molar-refractivity contribution in [2.75, 3.05) is 26.7 Å². The molecule has 1 heterocycles.